The standard InChI is InChI=1S/C32H35NO6/c1-6-18-38-27-17-10-23(19-21(27)5)30(34)28-29(22-8-13-26(14-9-22)39-20(3)4)33(32(36)31(28)35)24-11-15-25(16-12-24)37-7-2/h8-17,19-20,29,34H,6-7,18H2,1-5H3/b30-28-. The Balaban J connectivity index is 1.83. The zero-order chi connectivity index (χ0) is 28.1. The highest BCUT2D eigenvalue weighted by molar-refractivity contribution is 6.51. The number of amides is 1. The molecule has 1 N–H and O–H groups in total. The number of aliphatic hydroxyl groups is 1. The second kappa shape index (κ2) is 12.1. The van der Waals surface area contributed by atoms with Crippen molar-refractivity contribution < 1.29 is 28.9 Å². The molecule has 0 bridgehead atoms. The molecule has 7 nitrogen and oxygen atoms in total. The molecule has 39 heavy (non-hydrogen) atoms. The highest BCUT2D eigenvalue weighted by Crippen LogP contribution is 2.43. The molecule has 1 fully saturated rings. The van der Waals surface area contributed by atoms with Crippen LogP contribution in [0.2, 0.25) is 0 Å². The third-order valence-electron chi connectivity index (χ3n) is 6.35. The van der Waals surface area contributed by atoms with Crippen molar-refractivity contribution in [2.75, 3.05) is 18.1 Å². The first kappa shape index (κ1) is 27.8. The van der Waals surface area contributed by atoms with Gasteiger partial charge in [-0.15, -0.1) is 0 Å². The number of aryl methyl sites for hydroxylation is 1. The number of rotatable bonds is 10. The molecule has 204 valence electrons. The Morgan fingerprint density at radius 2 is 1.59 bits per heavy atom. The average molecular weight is 530 g/mol. The quantitative estimate of drug-likeness (QED) is 0.181. The fourth-order valence-corrected chi connectivity index (χ4v) is 4.61. The molecule has 3 aromatic rings. The van der Waals surface area contributed by atoms with E-state index in [0.717, 1.165) is 12.0 Å². The summed E-state index contributed by atoms with van der Waals surface area (Å²) in [5.41, 5.74) is 2.46. The molecule has 3 aromatic carbocycles. The molecule has 0 aliphatic carbocycles. The summed E-state index contributed by atoms with van der Waals surface area (Å²) >= 11 is 0. The molecule has 4 rings (SSSR count). The highest BCUT2D eigenvalue weighted by Gasteiger charge is 2.47. The SMILES string of the molecule is CCCOc1ccc(/C(O)=C2/C(=O)C(=O)N(c3ccc(OCC)cc3)C2c2ccc(OC(C)C)cc2)cc1C. The number of carbonyl (C=O) groups excluding carboxylic acids is 2. The molecule has 1 saturated heterocycles. The summed E-state index contributed by atoms with van der Waals surface area (Å²) in [4.78, 5) is 28.4. The Labute approximate surface area is 229 Å². The fourth-order valence-electron chi connectivity index (χ4n) is 4.61. The summed E-state index contributed by atoms with van der Waals surface area (Å²) in [6, 6.07) is 18.6. The minimum Gasteiger partial charge on any atom is -0.507 e. The zero-order valence-corrected chi connectivity index (χ0v) is 23.1. The number of hydrogen-bond donors (Lipinski definition) is 1. The molecule has 0 saturated carbocycles. The van der Waals surface area contributed by atoms with E-state index in [1.807, 2.05) is 46.8 Å². The van der Waals surface area contributed by atoms with Gasteiger partial charge in [-0.25, -0.2) is 0 Å². The van der Waals surface area contributed by atoms with E-state index < -0.39 is 17.7 Å². The number of anilines is 1. The van der Waals surface area contributed by atoms with E-state index in [2.05, 4.69) is 0 Å². The number of ether oxygens (including phenoxy) is 3. The molecular formula is C32H35NO6. The zero-order valence-electron chi connectivity index (χ0n) is 23.1. The first-order valence-corrected chi connectivity index (χ1v) is 13.3. The molecule has 7 heteroatoms. The van der Waals surface area contributed by atoms with Crippen LogP contribution in [0.4, 0.5) is 5.69 Å². The molecule has 1 atom stereocenters. The van der Waals surface area contributed by atoms with Crippen molar-refractivity contribution in [2.24, 2.45) is 0 Å². The normalized spacial score (nSPS) is 16.6. The number of benzene rings is 3. The molecule has 1 amide bonds. The second-order valence-electron chi connectivity index (χ2n) is 9.66. The molecule has 1 heterocycles. The van der Waals surface area contributed by atoms with Crippen LogP contribution in [0, 0.1) is 6.92 Å². The van der Waals surface area contributed by atoms with Crippen LogP contribution >= 0.6 is 0 Å². The van der Waals surface area contributed by atoms with E-state index in [1.165, 1.54) is 4.90 Å². The van der Waals surface area contributed by atoms with Crippen molar-refractivity contribution in [1.82, 2.24) is 0 Å². The van der Waals surface area contributed by atoms with Gasteiger partial charge in [-0.3, -0.25) is 14.5 Å². The minimum atomic E-state index is -0.840. The lowest BCUT2D eigenvalue weighted by Gasteiger charge is -2.26. The largest absolute Gasteiger partial charge is 0.507 e. The smallest absolute Gasteiger partial charge is 0.300 e. The number of nitrogens with zero attached hydrogens (tertiary/aromatic N) is 1. The van der Waals surface area contributed by atoms with Gasteiger partial charge in [-0.05, 0) is 99.8 Å². The van der Waals surface area contributed by atoms with E-state index in [9.17, 15) is 14.7 Å². The molecule has 1 unspecified atom stereocenters. The summed E-state index contributed by atoms with van der Waals surface area (Å²) in [5.74, 6) is 0.334. The van der Waals surface area contributed by atoms with Crippen LogP contribution in [0.15, 0.2) is 72.3 Å². The van der Waals surface area contributed by atoms with Crippen molar-refractivity contribution in [3.8, 4) is 17.2 Å². The summed E-state index contributed by atoms with van der Waals surface area (Å²) < 4.78 is 17.1. The maximum atomic E-state index is 13.5. The van der Waals surface area contributed by atoms with Crippen molar-refractivity contribution in [3.05, 3.63) is 89.0 Å². The van der Waals surface area contributed by atoms with Crippen molar-refractivity contribution >= 4 is 23.1 Å². The summed E-state index contributed by atoms with van der Waals surface area (Å²) in [6.45, 7) is 10.8. The Bertz CT molecular complexity index is 1360. The van der Waals surface area contributed by atoms with Gasteiger partial charge >= 0.3 is 0 Å². The lowest BCUT2D eigenvalue weighted by molar-refractivity contribution is -0.132. The fraction of sp³-hybridized carbons (Fsp3) is 0.312. The van der Waals surface area contributed by atoms with Gasteiger partial charge in [0.05, 0.1) is 30.9 Å². The van der Waals surface area contributed by atoms with Crippen LogP contribution in [0.1, 0.15) is 56.8 Å². The van der Waals surface area contributed by atoms with Crippen LogP contribution in [-0.4, -0.2) is 36.1 Å². The van der Waals surface area contributed by atoms with Crippen molar-refractivity contribution in [3.63, 3.8) is 0 Å². The topological polar surface area (TPSA) is 85.3 Å². The minimum absolute atomic E-state index is 0.00198. The third kappa shape index (κ3) is 5.93. The van der Waals surface area contributed by atoms with Gasteiger partial charge in [-0.2, -0.15) is 0 Å². The van der Waals surface area contributed by atoms with Gasteiger partial charge in [0.25, 0.3) is 11.7 Å². The number of hydrogen-bond acceptors (Lipinski definition) is 6. The lowest BCUT2D eigenvalue weighted by Crippen LogP contribution is -2.29. The van der Waals surface area contributed by atoms with Gasteiger partial charge in [0.2, 0.25) is 0 Å². The Morgan fingerprint density at radius 3 is 2.18 bits per heavy atom. The molecule has 0 spiro atoms. The van der Waals surface area contributed by atoms with Gasteiger partial charge in [0, 0.05) is 11.3 Å². The Hall–Kier alpha value is -4.26. The van der Waals surface area contributed by atoms with E-state index in [4.69, 9.17) is 14.2 Å². The maximum Gasteiger partial charge on any atom is 0.300 e. The number of carbonyl (C=O) groups is 2. The molecule has 0 radical (unpaired) electrons. The monoisotopic (exact) mass is 529 g/mol. The van der Waals surface area contributed by atoms with E-state index >= 15 is 0 Å². The van der Waals surface area contributed by atoms with E-state index in [1.54, 1.807) is 54.6 Å². The van der Waals surface area contributed by atoms with E-state index in [0.29, 0.717) is 47.3 Å². The van der Waals surface area contributed by atoms with Crippen molar-refractivity contribution in [2.45, 2.75) is 53.2 Å². The maximum absolute atomic E-state index is 13.5. The molecular weight excluding hydrogens is 494 g/mol. The van der Waals surface area contributed by atoms with Gasteiger partial charge in [-0.1, -0.05) is 19.1 Å². The predicted molar refractivity (Wildman–Crippen MR) is 152 cm³/mol. The van der Waals surface area contributed by atoms with Crippen LogP contribution in [0.25, 0.3) is 5.76 Å². The summed E-state index contributed by atoms with van der Waals surface area (Å²) in [6.07, 6.45) is 0.870. The van der Waals surface area contributed by atoms with E-state index in [-0.39, 0.29) is 17.4 Å². The number of Topliss-reactive ketones (excluding diaryl/α,β-unsaturated/α-hetero) is 1. The number of ketones is 1. The first-order chi connectivity index (χ1) is 18.7. The van der Waals surface area contributed by atoms with Crippen LogP contribution in [0.3, 0.4) is 0 Å². The predicted octanol–water partition coefficient (Wildman–Crippen LogP) is 6.60. The molecule has 1 aliphatic rings. The second-order valence-corrected chi connectivity index (χ2v) is 9.66. The Morgan fingerprint density at radius 1 is 0.923 bits per heavy atom. The van der Waals surface area contributed by atoms with Crippen LogP contribution in [0.5, 0.6) is 17.2 Å². The van der Waals surface area contributed by atoms with Crippen molar-refractivity contribution in [1.29, 1.82) is 0 Å². The van der Waals surface area contributed by atoms with Gasteiger partial charge in [0.15, 0.2) is 0 Å². The average Bonchev–Trinajstić information content (AvgIpc) is 3.18. The molecule has 0 aromatic heterocycles. The highest BCUT2D eigenvalue weighted by atomic mass is 16.5. The summed E-state index contributed by atoms with van der Waals surface area (Å²) in [7, 11) is 0. The van der Waals surface area contributed by atoms with Crippen LogP contribution in [-0.2, 0) is 9.59 Å². The van der Waals surface area contributed by atoms with Gasteiger partial charge < -0.3 is 19.3 Å². The van der Waals surface area contributed by atoms with Gasteiger partial charge in [0.1, 0.15) is 23.0 Å². The molecule has 1 aliphatic heterocycles. The summed E-state index contributed by atoms with van der Waals surface area (Å²) in [5, 5.41) is 11.5. The Kier molecular flexibility index (Phi) is 8.59. The third-order valence-corrected chi connectivity index (χ3v) is 6.35. The van der Waals surface area contributed by atoms with Crippen LogP contribution < -0.4 is 19.1 Å². The first-order valence-electron chi connectivity index (χ1n) is 13.3. The lowest BCUT2D eigenvalue weighted by atomic mass is 9.94. The number of aliphatic hydroxyl groups excluding tert-OH is 1.